The standard InChI is InChI=1S/C11H15BrN4O/c1-11(2)9(17)15(3)4-5-16(11)10-13-6-8(12)7-14-10/h6-7H,4-5H2,1-3H3. The van der Waals surface area contributed by atoms with Crippen molar-refractivity contribution in [3.63, 3.8) is 0 Å². The second kappa shape index (κ2) is 4.25. The summed E-state index contributed by atoms with van der Waals surface area (Å²) in [6.07, 6.45) is 3.39. The van der Waals surface area contributed by atoms with Gasteiger partial charge in [0, 0.05) is 32.5 Å². The number of piperazine rings is 1. The molecule has 1 saturated heterocycles. The highest BCUT2D eigenvalue weighted by Gasteiger charge is 2.41. The Morgan fingerprint density at radius 2 is 1.88 bits per heavy atom. The van der Waals surface area contributed by atoms with Crippen LogP contribution in [0.2, 0.25) is 0 Å². The second-order valence-corrected chi connectivity index (χ2v) is 5.55. The van der Waals surface area contributed by atoms with E-state index in [-0.39, 0.29) is 5.91 Å². The van der Waals surface area contributed by atoms with Gasteiger partial charge in [0.15, 0.2) is 0 Å². The molecule has 0 bridgehead atoms. The third-order valence-corrected chi connectivity index (χ3v) is 3.46. The second-order valence-electron chi connectivity index (χ2n) is 4.64. The van der Waals surface area contributed by atoms with Crippen LogP contribution in [-0.2, 0) is 4.79 Å². The average Bonchev–Trinajstić information content (AvgIpc) is 2.28. The van der Waals surface area contributed by atoms with E-state index in [9.17, 15) is 4.79 Å². The first-order valence-electron chi connectivity index (χ1n) is 5.43. The molecule has 0 atom stereocenters. The average molecular weight is 299 g/mol. The monoisotopic (exact) mass is 298 g/mol. The van der Waals surface area contributed by atoms with Crippen LogP contribution in [0.5, 0.6) is 0 Å². The van der Waals surface area contributed by atoms with Crippen molar-refractivity contribution in [3.05, 3.63) is 16.9 Å². The number of hydrogen-bond acceptors (Lipinski definition) is 4. The summed E-state index contributed by atoms with van der Waals surface area (Å²) in [5, 5.41) is 0. The Labute approximate surface area is 109 Å². The van der Waals surface area contributed by atoms with E-state index in [0.717, 1.165) is 11.0 Å². The molecule has 1 aromatic rings. The van der Waals surface area contributed by atoms with E-state index >= 15 is 0 Å². The SMILES string of the molecule is CN1CCN(c2ncc(Br)cn2)C(C)(C)C1=O. The lowest BCUT2D eigenvalue weighted by Crippen LogP contribution is -2.62. The van der Waals surface area contributed by atoms with Crippen LogP contribution in [0.3, 0.4) is 0 Å². The van der Waals surface area contributed by atoms with Crippen LogP contribution in [0, 0.1) is 0 Å². The molecule has 2 rings (SSSR count). The lowest BCUT2D eigenvalue weighted by Gasteiger charge is -2.44. The van der Waals surface area contributed by atoms with E-state index in [4.69, 9.17) is 0 Å². The highest BCUT2D eigenvalue weighted by molar-refractivity contribution is 9.10. The molecule has 0 unspecified atom stereocenters. The summed E-state index contributed by atoms with van der Waals surface area (Å²) >= 11 is 3.30. The Kier molecular flexibility index (Phi) is 3.07. The molecule has 1 amide bonds. The number of likely N-dealkylation sites (N-methyl/N-ethyl adjacent to an activating group) is 1. The van der Waals surface area contributed by atoms with Crippen molar-refractivity contribution in [3.8, 4) is 0 Å². The molecule has 0 saturated carbocycles. The van der Waals surface area contributed by atoms with E-state index in [1.54, 1.807) is 17.3 Å². The van der Waals surface area contributed by atoms with Crippen LogP contribution in [0.1, 0.15) is 13.8 Å². The van der Waals surface area contributed by atoms with E-state index in [0.29, 0.717) is 12.5 Å². The van der Waals surface area contributed by atoms with Crippen molar-refractivity contribution in [2.75, 3.05) is 25.0 Å². The molecule has 6 heteroatoms. The number of rotatable bonds is 1. The summed E-state index contributed by atoms with van der Waals surface area (Å²) < 4.78 is 0.833. The fourth-order valence-electron chi connectivity index (χ4n) is 2.01. The molecule has 0 aliphatic carbocycles. The first-order chi connectivity index (χ1) is 7.93. The lowest BCUT2D eigenvalue weighted by molar-refractivity contribution is -0.136. The zero-order chi connectivity index (χ0) is 12.6. The van der Waals surface area contributed by atoms with Crippen LogP contribution in [0.15, 0.2) is 16.9 Å². The summed E-state index contributed by atoms with van der Waals surface area (Å²) in [7, 11) is 1.82. The van der Waals surface area contributed by atoms with Gasteiger partial charge in [0.2, 0.25) is 11.9 Å². The Hall–Kier alpha value is -1.17. The molecule has 92 valence electrons. The maximum atomic E-state index is 12.1. The molecule has 1 aliphatic heterocycles. The van der Waals surface area contributed by atoms with Gasteiger partial charge in [0.05, 0.1) is 4.47 Å². The molecule has 0 aromatic carbocycles. The van der Waals surface area contributed by atoms with Gasteiger partial charge in [0.25, 0.3) is 0 Å². The number of carbonyl (C=O) groups excluding carboxylic acids is 1. The minimum atomic E-state index is -0.596. The fourth-order valence-corrected chi connectivity index (χ4v) is 2.21. The third kappa shape index (κ3) is 2.13. The number of hydrogen-bond donors (Lipinski definition) is 0. The van der Waals surface area contributed by atoms with Crippen LogP contribution in [0.25, 0.3) is 0 Å². The van der Waals surface area contributed by atoms with Gasteiger partial charge in [-0.3, -0.25) is 4.79 Å². The smallest absolute Gasteiger partial charge is 0.247 e. The van der Waals surface area contributed by atoms with Crippen LogP contribution in [0.4, 0.5) is 5.95 Å². The number of aromatic nitrogens is 2. The number of anilines is 1. The topological polar surface area (TPSA) is 49.3 Å². The number of carbonyl (C=O) groups is 1. The Balaban J connectivity index is 2.32. The zero-order valence-electron chi connectivity index (χ0n) is 10.1. The molecule has 0 radical (unpaired) electrons. The molecular formula is C11H15BrN4O. The van der Waals surface area contributed by atoms with Gasteiger partial charge in [-0.15, -0.1) is 0 Å². The Morgan fingerprint density at radius 1 is 1.29 bits per heavy atom. The largest absolute Gasteiger partial charge is 0.342 e. The highest BCUT2D eigenvalue weighted by atomic mass is 79.9. The lowest BCUT2D eigenvalue weighted by atomic mass is 9.98. The highest BCUT2D eigenvalue weighted by Crippen LogP contribution is 2.25. The van der Waals surface area contributed by atoms with Gasteiger partial charge >= 0.3 is 0 Å². The van der Waals surface area contributed by atoms with E-state index < -0.39 is 5.54 Å². The van der Waals surface area contributed by atoms with Crippen molar-refractivity contribution in [2.45, 2.75) is 19.4 Å². The molecule has 17 heavy (non-hydrogen) atoms. The molecule has 2 heterocycles. The van der Waals surface area contributed by atoms with Gasteiger partial charge in [-0.05, 0) is 29.8 Å². The number of halogens is 1. The fraction of sp³-hybridized carbons (Fsp3) is 0.545. The predicted octanol–water partition coefficient (Wildman–Crippen LogP) is 1.30. The maximum absolute atomic E-state index is 12.1. The summed E-state index contributed by atoms with van der Waals surface area (Å²) in [6.45, 7) is 5.24. The van der Waals surface area contributed by atoms with Gasteiger partial charge in [-0.25, -0.2) is 9.97 Å². The summed E-state index contributed by atoms with van der Waals surface area (Å²) in [6, 6.07) is 0. The maximum Gasteiger partial charge on any atom is 0.247 e. The Bertz CT molecular complexity index is 432. The normalized spacial score (nSPS) is 19.6. The first-order valence-corrected chi connectivity index (χ1v) is 6.23. The summed E-state index contributed by atoms with van der Waals surface area (Å²) in [5.74, 6) is 0.690. The van der Waals surface area contributed by atoms with Crippen LogP contribution >= 0.6 is 15.9 Å². The summed E-state index contributed by atoms with van der Waals surface area (Å²) in [4.78, 5) is 24.3. The third-order valence-electron chi connectivity index (χ3n) is 3.05. The minimum Gasteiger partial charge on any atom is -0.342 e. The van der Waals surface area contributed by atoms with Crippen molar-refractivity contribution in [2.24, 2.45) is 0 Å². The van der Waals surface area contributed by atoms with Crippen LogP contribution in [-0.4, -0.2) is 46.5 Å². The minimum absolute atomic E-state index is 0.0928. The Morgan fingerprint density at radius 3 is 2.47 bits per heavy atom. The van der Waals surface area contributed by atoms with E-state index in [1.807, 2.05) is 25.8 Å². The molecule has 0 N–H and O–H groups in total. The zero-order valence-corrected chi connectivity index (χ0v) is 11.7. The van der Waals surface area contributed by atoms with Crippen molar-refractivity contribution in [1.29, 1.82) is 0 Å². The molecule has 0 spiro atoms. The van der Waals surface area contributed by atoms with Crippen molar-refractivity contribution >= 4 is 27.8 Å². The molecular weight excluding hydrogens is 284 g/mol. The van der Waals surface area contributed by atoms with Gasteiger partial charge in [-0.1, -0.05) is 0 Å². The molecule has 1 aliphatic rings. The van der Waals surface area contributed by atoms with Gasteiger partial charge in [0.1, 0.15) is 5.54 Å². The molecule has 1 fully saturated rings. The molecule has 5 nitrogen and oxygen atoms in total. The van der Waals surface area contributed by atoms with Crippen LogP contribution < -0.4 is 4.90 Å². The van der Waals surface area contributed by atoms with E-state index in [2.05, 4.69) is 25.9 Å². The number of amides is 1. The number of nitrogens with zero attached hydrogens (tertiary/aromatic N) is 4. The van der Waals surface area contributed by atoms with Gasteiger partial charge in [-0.2, -0.15) is 0 Å². The quantitative estimate of drug-likeness (QED) is 0.784. The van der Waals surface area contributed by atoms with Gasteiger partial charge < -0.3 is 9.80 Å². The predicted molar refractivity (Wildman–Crippen MR) is 68.8 cm³/mol. The summed E-state index contributed by atoms with van der Waals surface area (Å²) in [5.41, 5.74) is -0.596. The van der Waals surface area contributed by atoms with Crippen molar-refractivity contribution in [1.82, 2.24) is 14.9 Å². The van der Waals surface area contributed by atoms with E-state index in [1.165, 1.54) is 0 Å². The van der Waals surface area contributed by atoms with Crippen molar-refractivity contribution < 1.29 is 4.79 Å². The first kappa shape index (κ1) is 12.3. The molecule has 1 aromatic heterocycles.